The molecule has 0 amide bonds. The fourth-order valence-electron chi connectivity index (χ4n) is 3.88. The normalized spacial score (nSPS) is 22.9. The summed E-state index contributed by atoms with van der Waals surface area (Å²) in [6.45, 7) is 1.42. The van der Waals surface area contributed by atoms with Crippen molar-refractivity contribution >= 4 is 11.5 Å². The first kappa shape index (κ1) is 16.1. The lowest BCUT2D eigenvalue weighted by atomic mass is 10.0. The molecule has 1 N–H and O–H groups in total. The second-order valence-electron chi connectivity index (χ2n) is 6.65. The van der Waals surface area contributed by atoms with E-state index in [4.69, 9.17) is 4.74 Å². The highest BCUT2D eigenvalue weighted by atomic mass is 19.1. The zero-order chi connectivity index (χ0) is 17.4. The van der Waals surface area contributed by atoms with Gasteiger partial charge in [-0.1, -0.05) is 0 Å². The number of rotatable bonds is 3. The molecule has 1 unspecified atom stereocenters. The number of halogens is 1. The molecule has 1 atom stereocenters. The molecule has 2 aromatic carbocycles. The predicted molar refractivity (Wildman–Crippen MR) is 94.6 cm³/mol. The number of anilines is 1. The highest BCUT2D eigenvalue weighted by Crippen LogP contribution is 2.38. The summed E-state index contributed by atoms with van der Waals surface area (Å²) in [7, 11) is 1.64. The van der Waals surface area contributed by atoms with Crippen molar-refractivity contribution in [3.05, 3.63) is 59.9 Å². The fourth-order valence-corrected chi connectivity index (χ4v) is 3.88. The van der Waals surface area contributed by atoms with Gasteiger partial charge in [0.25, 0.3) is 11.6 Å². The third kappa shape index (κ3) is 2.68. The van der Waals surface area contributed by atoms with Gasteiger partial charge >= 0.3 is 0 Å². The Morgan fingerprint density at radius 1 is 1.08 bits per heavy atom. The van der Waals surface area contributed by atoms with Crippen LogP contribution in [0.5, 0.6) is 5.75 Å². The standard InChI is InChI=1S/C20H22FN2O2/c1-25-18-11-9-17(10-12-18)23-19-4-2-3-13-22(19)14-20(23,24)15-5-7-16(21)8-6-15/h5-12,24H,2-4,13-14H2,1H3/q+1. The molecule has 4 nitrogen and oxygen atoms in total. The van der Waals surface area contributed by atoms with E-state index in [2.05, 4.69) is 4.58 Å². The summed E-state index contributed by atoms with van der Waals surface area (Å²) in [5, 5.41) is 11.6. The third-order valence-corrected chi connectivity index (χ3v) is 5.12. The number of methoxy groups -OCH3 is 1. The first-order chi connectivity index (χ1) is 12.1. The molecule has 0 aliphatic carbocycles. The summed E-state index contributed by atoms with van der Waals surface area (Å²) in [4.78, 5) is 2.00. The van der Waals surface area contributed by atoms with Crippen molar-refractivity contribution in [2.75, 3.05) is 25.1 Å². The van der Waals surface area contributed by atoms with Gasteiger partial charge in [0.15, 0.2) is 6.54 Å². The molecule has 2 aliphatic rings. The van der Waals surface area contributed by atoms with Crippen LogP contribution in [0.1, 0.15) is 24.8 Å². The van der Waals surface area contributed by atoms with E-state index in [9.17, 15) is 9.50 Å². The monoisotopic (exact) mass is 341 g/mol. The van der Waals surface area contributed by atoms with E-state index in [-0.39, 0.29) is 5.82 Å². The Hall–Kier alpha value is -2.40. The molecule has 2 aromatic rings. The Morgan fingerprint density at radius 2 is 1.80 bits per heavy atom. The number of hydrogen-bond acceptors (Lipinski definition) is 3. The molecule has 0 saturated heterocycles. The number of nitrogens with zero attached hydrogens (tertiary/aromatic N) is 2. The van der Waals surface area contributed by atoms with Crippen molar-refractivity contribution in [1.29, 1.82) is 0 Å². The molecule has 0 radical (unpaired) electrons. The molecular weight excluding hydrogens is 319 g/mol. The SMILES string of the molecule is COc1ccc(N2C3=[N+](CCCC3)CC2(O)c2ccc(F)cc2)cc1. The smallest absolute Gasteiger partial charge is 0.275 e. The lowest BCUT2D eigenvalue weighted by molar-refractivity contribution is -0.538. The highest BCUT2D eigenvalue weighted by Gasteiger charge is 2.54. The second kappa shape index (κ2) is 6.15. The van der Waals surface area contributed by atoms with E-state index in [0.717, 1.165) is 43.1 Å². The summed E-state index contributed by atoms with van der Waals surface area (Å²) in [6, 6.07) is 13.9. The van der Waals surface area contributed by atoms with Crippen LogP contribution in [0.25, 0.3) is 0 Å². The van der Waals surface area contributed by atoms with Gasteiger partial charge in [-0.3, -0.25) is 4.58 Å². The molecule has 25 heavy (non-hydrogen) atoms. The van der Waals surface area contributed by atoms with Crippen molar-refractivity contribution in [2.45, 2.75) is 25.0 Å². The number of ether oxygens (including phenoxy) is 1. The molecule has 2 heterocycles. The molecule has 4 rings (SSSR count). The number of benzene rings is 2. The van der Waals surface area contributed by atoms with Gasteiger partial charge in [-0.15, -0.1) is 0 Å². The van der Waals surface area contributed by atoms with Gasteiger partial charge < -0.3 is 9.84 Å². The van der Waals surface area contributed by atoms with Crippen molar-refractivity contribution in [1.82, 2.24) is 0 Å². The third-order valence-electron chi connectivity index (χ3n) is 5.12. The van der Waals surface area contributed by atoms with Gasteiger partial charge in [-0.2, -0.15) is 4.90 Å². The maximum absolute atomic E-state index is 13.4. The van der Waals surface area contributed by atoms with Crippen molar-refractivity contribution in [2.24, 2.45) is 0 Å². The zero-order valence-corrected chi connectivity index (χ0v) is 14.3. The van der Waals surface area contributed by atoms with E-state index in [1.54, 1.807) is 19.2 Å². The fraction of sp³-hybridized carbons (Fsp3) is 0.350. The quantitative estimate of drug-likeness (QED) is 0.872. The molecule has 0 saturated carbocycles. The molecule has 2 aliphatic heterocycles. The minimum absolute atomic E-state index is 0.299. The van der Waals surface area contributed by atoms with Gasteiger partial charge in [0.1, 0.15) is 17.3 Å². The highest BCUT2D eigenvalue weighted by molar-refractivity contribution is 5.97. The van der Waals surface area contributed by atoms with Crippen molar-refractivity contribution in [3.8, 4) is 5.75 Å². The Balaban J connectivity index is 1.81. The van der Waals surface area contributed by atoms with Crippen LogP contribution in [0.15, 0.2) is 48.5 Å². The Morgan fingerprint density at radius 3 is 2.48 bits per heavy atom. The van der Waals surface area contributed by atoms with Crippen LogP contribution in [0.2, 0.25) is 0 Å². The number of aliphatic hydroxyl groups is 1. The average Bonchev–Trinajstić information content (AvgIpc) is 2.95. The van der Waals surface area contributed by atoms with E-state index < -0.39 is 5.72 Å². The lowest BCUT2D eigenvalue weighted by Crippen LogP contribution is -2.47. The minimum Gasteiger partial charge on any atom is -0.497 e. The summed E-state index contributed by atoms with van der Waals surface area (Å²) < 4.78 is 20.9. The summed E-state index contributed by atoms with van der Waals surface area (Å²) >= 11 is 0. The van der Waals surface area contributed by atoms with Crippen molar-refractivity contribution < 1.29 is 18.8 Å². The molecule has 130 valence electrons. The average molecular weight is 341 g/mol. The Bertz CT molecular complexity index is 801. The second-order valence-corrected chi connectivity index (χ2v) is 6.65. The number of amidine groups is 1. The largest absolute Gasteiger partial charge is 0.497 e. The first-order valence-electron chi connectivity index (χ1n) is 8.65. The Kier molecular flexibility index (Phi) is 3.96. The van der Waals surface area contributed by atoms with Crippen LogP contribution < -0.4 is 9.64 Å². The maximum atomic E-state index is 13.4. The topological polar surface area (TPSA) is 35.7 Å². The molecule has 0 fully saturated rings. The minimum atomic E-state index is -1.21. The van der Waals surface area contributed by atoms with Crippen LogP contribution in [-0.2, 0) is 5.72 Å². The van der Waals surface area contributed by atoms with Crippen molar-refractivity contribution in [3.63, 3.8) is 0 Å². The van der Waals surface area contributed by atoms with Gasteiger partial charge in [-0.05, 0) is 61.4 Å². The van der Waals surface area contributed by atoms with Gasteiger partial charge in [0.05, 0.1) is 13.7 Å². The zero-order valence-electron chi connectivity index (χ0n) is 14.3. The van der Waals surface area contributed by atoms with Crippen LogP contribution >= 0.6 is 0 Å². The molecular formula is C20H22FN2O2+. The maximum Gasteiger partial charge on any atom is 0.275 e. The lowest BCUT2D eigenvalue weighted by Gasteiger charge is -2.29. The van der Waals surface area contributed by atoms with Crippen LogP contribution in [0.3, 0.4) is 0 Å². The summed E-state index contributed by atoms with van der Waals surface area (Å²) in [6.07, 6.45) is 3.16. The van der Waals surface area contributed by atoms with E-state index >= 15 is 0 Å². The summed E-state index contributed by atoms with van der Waals surface area (Å²) in [5.41, 5.74) is 0.403. The van der Waals surface area contributed by atoms with Crippen LogP contribution in [0.4, 0.5) is 10.1 Å². The van der Waals surface area contributed by atoms with Gasteiger partial charge in [-0.25, -0.2) is 4.39 Å². The van der Waals surface area contributed by atoms with Crippen LogP contribution in [-0.4, -0.2) is 35.7 Å². The first-order valence-corrected chi connectivity index (χ1v) is 8.65. The molecule has 0 spiro atoms. The summed E-state index contributed by atoms with van der Waals surface area (Å²) in [5.74, 6) is 1.61. The number of hydrogen-bond donors (Lipinski definition) is 1. The predicted octanol–water partition coefficient (Wildman–Crippen LogP) is 3.09. The molecule has 5 heteroatoms. The molecule has 0 aromatic heterocycles. The van der Waals surface area contributed by atoms with E-state index in [0.29, 0.717) is 12.1 Å². The van der Waals surface area contributed by atoms with E-state index in [1.165, 1.54) is 12.1 Å². The van der Waals surface area contributed by atoms with Crippen LogP contribution in [0, 0.1) is 5.82 Å². The van der Waals surface area contributed by atoms with E-state index in [1.807, 2.05) is 29.2 Å². The Labute approximate surface area is 146 Å². The molecule has 0 bridgehead atoms. The van der Waals surface area contributed by atoms with Gasteiger partial charge in [0, 0.05) is 12.0 Å². The van der Waals surface area contributed by atoms with Gasteiger partial charge in [0.2, 0.25) is 0 Å².